The van der Waals surface area contributed by atoms with Crippen LogP contribution in [0.5, 0.6) is 0 Å². The molecule has 9 heteroatoms. The second kappa shape index (κ2) is 6.53. The number of rotatable bonds is 5. The summed E-state index contributed by atoms with van der Waals surface area (Å²) in [5.41, 5.74) is 0.545. The van der Waals surface area contributed by atoms with Crippen molar-refractivity contribution in [2.45, 2.75) is 11.8 Å². The van der Waals surface area contributed by atoms with Gasteiger partial charge < -0.3 is 0 Å². The van der Waals surface area contributed by atoms with Crippen LogP contribution in [0.2, 0.25) is 0 Å². The van der Waals surface area contributed by atoms with E-state index in [2.05, 4.69) is 5.10 Å². The van der Waals surface area contributed by atoms with E-state index in [9.17, 15) is 22.9 Å². The van der Waals surface area contributed by atoms with Gasteiger partial charge in [0.15, 0.2) is 0 Å². The Morgan fingerprint density at radius 3 is 2.48 bits per heavy atom. The smallest absolute Gasteiger partial charge is 0.258 e. The number of nitrogens with one attached hydrogen (secondary N) is 1. The second-order valence-electron chi connectivity index (χ2n) is 4.61. The molecule has 0 saturated carbocycles. The largest absolute Gasteiger partial charge is 0.276 e. The van der Waals surface area contributed by atoms with Gasteiger partial charge in [-0.3, -0.25) is 10.1 Å². The highest BCUT2D eigenvalue weighted by molar-refractivity contribution is 7.89. The molecule has 0 bridgehead atoms. The first-order chi connectivity index (χ1) is 10.8. The van der Waals surface area contributed by atoms with E-state index in [-0.39, 0.29) is 10.6 Å². The summed E-state index contributed by atoms with van der Waals surface area (Å²) >= 11 is 0. The normalized spacial score (nSPS) is 11.6. The van der Waals surface area contributed by atoms with Crippen molar-refractivity contribution in [2.24, 2.45) is 5.10 Å². The van der Waals surface area contributed by atoms with E-state index in [0.29, 0.717) is 11.1 Å². The van der Waals surface area contributed by atoms with E-state index in [1.807, 2.05) is 4.83 Å². The molecule has 120 valence electrons. The lowest BCUT2D eigenvalue weighted by atomic mass is 10.2. The Hall–Kier alpha value is -2.81. The molecule has 0 saturated heterocycles. The van der Waals surface area contributed by atoms with Crippen molar-refractivity contribution < 1.29 is 17.7 Å². The molecule has 2 aromatic carbocycles. The summed E-state index contributed by atoms with van der Waals surface area (Å²) < 4.78 is 36.9. The van der Waals surface area contributed by atoms with E-state index in [4.69, 9.17) is 0 Å². The molecule has 0 atom stereocenters. The molecule has 0 spiro atoms. The number of halogens is 1. The zero-order valence-corrected chi connectivity index (χ0v) is 12.7. The predicted molar refractivity (Wildman–Crippen MR) is 82.1 cm³/mol. The SMILES string of the molecule is Cc1ccc(S(=O)(=O)N/N=C/c2ccc(F)cc2)cc1[N+](=O)[O-]. The molecule has 0 aliphatic rings. The van der Waals surface area contributed by atoms with Gasteiger partial charge in [0.25, 0.3) is 15.7 Å². The molecule has 0 radical (unpaired) electrons. The molecular weight excluding hydrogens is 325 g/mol. The molecular formula is C14H12FN3O4S. The number of nitro benzene ring substituents is 1. The quantitative estimate of drug-likeness (QED) is 0.514. The van der Waals surface area contributed by atoms with Gasteiger partial charge in [-0.15, -0.1) is 0 Å². The van der Waals surface area contributed by atoms with Crippen LogP contribution >= 0.6 is 0 Å². The van der Waals surface area contributed by atoms with E-state index in [1.54, 1.807) is 0 Å². The van der Waals surface area contributed by atoms with E-state index in [0.717, 1.165) is 6.07 Å². The molecule has 23 heavy (non-hydrogen) atoms. The molecule has 0 unspecified atom stereocenters. The average Bonchev–Trinajstić information content (AvgIpc) is 2.49. The number of hydrazone groups is 1. The van der Waals surface area contributed by atoms with Crippen LogP contribution in [0.15, 0.2) is 52.5 Å². The summed E-state index contributed by atoms with van der Waals surface area (Å²) in [6.45, 7) is 1.51. The number of aryl methyl sites for hydroxylation is 1. The highest BCUT2D eigenvalue weighted by atomic mass is 32.2. The molecule has 0 aliphatic carbocycles. The van der Waals surface area contributed by atoms with Gasteiger partial charge in [0, 0.05) is 11.6 Å². The highest BCUT2D eigenvalue weighted by Crippen LogP contribution is 2.21. The maximum absolute atomic E-state index is 12.7. The van der Waals surface area contributed by atoms with Crippen molar-refractivity contribution in [3.8, 4) is 0 Å². The lowest BCUT2D eigenvalue weighted by Crippen LogP contribution is -2.18. The Morgan fingerprint density at radius 1 is 1.22 bits per heavy atom. The zero-order chi connectivity index (χ0) is 17.0. The fourth-order valence-corrected chi connectivity index (χ4v) is 2.54. The van der Waals surface area contributed by atoms with Crippen molar-refractivity contribution in [1.29, 1.82) is 0 Å². The van der Waals surface area contributed by atoms with Gasteiger partial charge in [-0.05, 0) is 30.7 Å². The molecule has 1 N–H and O–H groups in total. The number of nitro groups is 1. The van der Waals surface area contributed by atoms with Gasteiger partial charge in [0.1, 0.15) is 5.82 Å². The van der Waals surface area contributed by atoms with Crippen LogP contribution in [0.1, 0.15) is 11.1 Å². The van der Waals surface area contributed by atoms with Gasteiger partial charge in [0.05, 0.1) is 16.0 Å². The summed E-state index contributed by atoms with van der Waals surface area (Å²) in [4.78, 5) is 11.9. The van der Waals surface area contributed by atoms with Gasteiger partial charge >= 0.3 is 0 Å². The maximum atomic E-state index is 12.7. The van der Waals surface area contributed by atoms with Crippen molar-refractivity contribution >= 4 is 21.9 Å². The number of hydrogen-bond donors (Lipinski definition) is 1. The van der Waals surface area contributed by atoms with E-state index < -0.39 is 20.8 Å². The fourth-order valence-electron chi connectivity index (χ4n) is 1.72. The highest BCUT2D eigenvalue weighted by Gasteiger charge is 2.19. The minimum Gasteiger partial charge on any atom is -0.258 e. The molecule has 0 amide bonds. The molecule has 0 heterocycles. The van der Waals surface area contributed by atoms with Crippen LogP contribution in [0, 0.1) is 22.9 Å². The summed E-state index contributed by atoms with van der Waals surface area (Å²) in [7, 11) is -4.04. The molecule has 2 rings (SSSR count). The van der Waals surface area contributed by atoms with E-state index in [1.165, 1.54) is 49.5 Å². The lowest BCUT2D eigenvalue weighted by Gasteiger charge is -2.04. The van der Waals surface area contributed by atoms with Crippen LogP contribution < -0.4 is 4.83 Å². The van der Waals surface area contributed by atoms with Gasteiger partial charge in [0.2, 0.25) is 0 Å². The zero-order valence-electron chi connectivity index (χ0n) is 11.9. The standard InChI is InChI=1S/C14H12FN3O4S/c1-10-2-7-13(8-14(10)18(19)20)23(21,22)17-16-9-11-3-5-12(15)6-4-11/h2-9,17H,1H3/b16-9+. The van der Waals surface area contributed by atoms with Crippen LogP contribution in [0.3, 0.4) is 0 Å². The van der Waals surface area contributed by atoms with Crippen molar-refractivity contribution in [3.63, 3.8) is 0 Å². The number of nitrogens with zero attached hydrogens (tertiary/aromatic N) is 2. The van der Waals surface area contributed by atoms with Crippen LogP contribution in [-0.2, 0) is 10.0 Å². The first-order valence-corrected chi connectivity index (χ1v) is 7.83. The Kier molecular flexibility index (Phi) is 4.70. The number of benzene rings is 2. The minimum absolute atomic E-state index is 0.272. The first kappa shape index (κ1) is 16.6. The van der Waals surface area contributed by atoms with Gasteiger partial charge in [-0.2, -0.15) is 13.5 Å². The van der Waals surface area contributed by atoms with Crippen molar-refractivity contribution in [1.82, 2.24) is 4.83 Å². The Bertz CT molecular complexity index is 864. The molecule has 0 aliphatic heterocycles. The summed E-state index contributed by atoms with van der Waals surface area (Å²) in [6.07, 6.45) is 1.19. The Labute approximate surface area is 131 Å². The van der Waals surface area contributed by atoms with E-state index >= 15 is 0 Å². The van der Waals surface area contributed by atoms with Gasteiger partial charge in [-0.1, -0.05) is 18.2 Å². The van der Waals surface area contributed by atoms with Crippen molar-refractivity contribution in [2.75, 3.05) is 0 Å². The maximum Gasteiger partial charge on any atom is 0.276 e. The average molecular weight is 337 g/mol. The summed E-state index contributed by atoms with van der Waals surface area (Å²) in [5, 5.41) is 14.4. The Balaban J connectivity index is 2.20. The summed E-state index contributed by atoms with van der Waals surface area (Å²) in [6, 6.07) is 8.81. The summed E-state index contributed by atoms with van der Waals surface area (Å²) in [5.74, 6) is -0.422. The topological polar surface area (TPSA) is 102 Å². The first-order valence-electron chi connectivity index (χ1n) is 6.35. The molecule has 2 aromatic rings. The predicted octanol–water partition coefficient (Wildman–Crippen LogP) is 2.35. The van der Waals surface area contributed by atoms with Crippen molar-refractivity contribution in [3.05, 3.63) is 69.5 Å². The van der Waals surface area contributed by atoms with Crippen LogP contribution in [-0.4, -0.2) is 19.6 Å². The molecule has 7 nitrogen and oxygen atoms in total. The van der Waals surface area contributed by atoms with Crippen LogP contribution in [0.25, 0.3) is 0 Å². The molecule has 0 aromatic heterocycles. The number of sulfonamides is 1. The third-order valence-corrected chi connectivity index (χ3v) is 4.16. The Morgan fingerprint density at radius 2 is 1.87 bits per heavy atom. The lowest BCUT2D eigenvalue weighted by molar-refractivity contribution is -0.385. The van der Waals surface area contributed by atoms with Gasteiger partial charge in [-0.25, -0.2) is 9.22 Å². The minimum atomic E-state index is -4.04. The second-order valence-corrected chi connectivity index (χ2v) is 6.27. The molecule has 0 fully saturated rings. The third-order valence-electron chi connectivity index (χ3n) is 2.94. The number of hydrogen-bond acceptors (Lipinski definition) is 5. The monoisotopic (exact) mass is 337 g/mol. The fraction of sp³-hybridized carbons (Fsp3) is 0.0714. The van der Waals surface area contributed by atoms with Crippen LogP contribution in [0.4, 0.5) is 10.1 Å². The third kappa shape index (κ3) is 4.10.